The lowest BCUT2D eigenvalue weighted by molar-refractivity contribution is -0.391. The van der Waals surface area contributed by atoms with Crippen LogP contribution < -0.4 is 15.3 Å². The number of benzene rings is 2. The monoisotopic (exact) mass is 329 g/mol. The quantitative estimate of drug-likeness (QED) is 0.603. The molecule has 0 bridgehead atoms. The third-order valence-electron chi connectivity index (χ3n) is 4.28. The number of pyridine rings is 2. The summed E-state index contributed by atoms with van der Waals surface area (Å²) in [5.41, 5.74) is 3.50. The van der Waals surface area contributed by atoms with Crippen LogP contribution in [-0.4, -0.2) is 5.11 Å². The van der Waals surface area contributed by atoms with Crippen LogP contribution in [0.25, 0.3) is 10.9 Å². The second-order valence-corrected chi connectivity index (χ2v) is 5.90. The van der Waals surface area contributed by atoms with E-state index in [4.69, 9.17) is 0 Å². The number of nitrogens with one attached hydrogen (secondary N) is 3. The minimum absolute atomic E-state index is 0.207. The molecular weight excluding hydrogens is 310 g/mol. The van der Waals surface area contributed by atoms with E-state index in [-0.39, 0.29) is 11.8 Å². The SMILES string of the molecule is Oc1c(C(Nc2ccccc2)c2cccc[nH+]2)ccc2ccc[nH+]c12. The first-order valence-corrected chi connectivity index (χ1v) is 8.23. The first-order chi connectivity index (χ1) is 12.3. The number of rotatable bonds is 4. The summed E-state index contributed by atoms with van der Waals surface area (Å²) in [6, 6.07) is 23.6. The maximum absolute atomic E-state index is 10.9. The summed E-state index contributed by atoms with van der Waals surface area (Å²) in [5, 5.41) is 15.4. The molecule has 0 radical (unpaired) electrons. The summed E-state index contributed by atoms with van der Waals surface area (Å²) in [4.78, 5) is 6.42. The van der Waals surface area contributed by atoms with Crippen molar-refractivity contribution in [3.8, 4) is 5.75 Å². The van der Waals surface area contributed by atoms with Crippen molar-refractivity contribution in [1.82, 2.24) is 0 Å². The smallest absolute Gasteiger partial charge is 0.253 e. The van der Waals surface area contributed by atoms with E-state index in [0.29, 0.717) is 0 Å². The highest BCUT2D eigenvalue weighted by atomic mass is 16.3. The van der Waals surface area contributed by atoms with Gasteiger partial charge < -0.3 is 10.4 Å². The maximum Gasteiger partial charge on any atom is 0.253 e. The second kappa shape index (κ2) is 6.61. The molecule has 4 nitrogen and oxygen atoms in total. The van der Waals surface area contributed by atoms with Gasteiger partial charge in [0.25, 0.3) is 5.52 Å². The Labute approximate surface area is 145 Å². The highest BCUT2D eigenvalue weighted by Crippen LogP contribution is 2.34. The van der Waals surface area contributed by atoms with Gasteiger partial charge in [-0.15, -0.1) is 0 Å². The van der Waals surface area contributed by atoms with Crippen molar-refractivity contribution in [3.05, 3.63) is 96.4 Å². The third kappa shape index (κ3) is 3.02. The van der Waals surface area contributed by atoms with Crippen LogP contribution in [0.3, 0.4) is 0 Å². The number of H-pyrrole nitrogens is 2. The molecule has 25 heavy (non-hydrogen) atoms. The van der Waals surface area contributed by atoms with Gasteiger partial charge in [-0.3, -0.25) is 0 Å². The largest absolute Gasteiger partial charge is 0.502 e. The van der Waals surface area contributed by atoms with Gasteiger partial charge >= 0.3 is 0 Å². The van der Waals surface area contributed by atoms with Crippen LogP contribution in [0.2, 0.25) is 0 Å². The molecule has 0 aliphatic carbocycles. The fraction of sp³-hybridized carbons (Fsp3) is 0.0476. The molecule has 0 saturated carbocycles. The van der Waals surface area contributed by atoms with E-state index in [1.54, 1.807) is 0 Å². The van der Waals surface area contributed by atoms with Gasteiger partial charge in [-0.05, 0) is 24.3 Å². The molecule has 1 unspecified atom stereocenters. The Balaban J connectivity index is 1.85. The molecule has 1 atom stereocenters. The molecule has 2 heterocycles. The van der Waals surface area contributed by atoms with Gasteiger partial charge in [-0.1, -0.05) is 30.3 Å². The predicted molar refractivity (Wildman–Crippen MR) is 97.1 cm³/mol. The normalized spacial score (nSPS) is 12.0. The topological polar surface area (TPSA) is 60.5 Å². The number of aromatic hydroxyl groups is 1. The minimum atomic E-state index is -0.207. The fourth-order valence-corrected chi connectivity index (χ4v) is 3.04. The number of aromatic nitrogens is 2. The molecule has 0 fully saturated rings. The lowest BCUT2D eigenvalue weighted by atomic mass is 9.99. The Morgan fingerprint density at radius 1 is 0.760 bits per heavy atom. The fourth-order valence-electron chi connectivity index (χ4n) is 3.04. The Kier molecular flexibility index (Phi) is 4.01. The van der Waals surface area contributed by atoms with Crippen molar-refractivity contribution in [2.75, 3.05) is 5.32 Å². The van der Waals surface area contributed by atoms with Crippen LogP contribution in [0.5, 0.6) is 5.75 Å². The third-order valence-corrected chi connectivity index (χ3v) is 4.28. The molecule has 0 saturated heterocycles. The van der Waals surface area contributed by atoms with Crippen LogP contribution in [-0.2, 0) is 0 Å². The summed E-state index contributed by atoms with van der Waals surface area (Å²) in [6.45, 7) is 0. The van der Waals surface area contributed by atoms with E-state index in [0.717, 1.165) is 27.8 Å². The number of phenolic OH excluding ortho intramolecular Hbond substituents is 1. The number of phenols is 1. The summed E-state index contributed by atoms with van der Waals surface area (Å²) in [7, 11) is 0. The number of hydrogen-bond acceptors (Lipinski definition) is 2. The van der Waals surface area contributed by atoms with Crippen LogP contribution in [0, 0.1) is 0 Å². The van der Waals surface area contributed by atoms with Crippen molar-refractivity contribution in [3.63, 3.8) is 0 Å². The van der Waals surface area contributed by atoms with E-state index in [1.807, 2.05) is 85.2 Å². The molecule has 4 aromatic rings. The van der Waals surface area contributed by atoms with Crippen LogP contribution >= 0.6 is 0 Å². The van der Waals surface area contributed by atoms with Crippen molar-refractivity contribution in [2.45, 2.75) is 6.04 Å². The van der Waals surface area contributed by atoms with Crippen molar-refractivity contribution in [1.29, 1.82) is 0 Å². The number of anilines is 1. The van der Waals surface area contributed by atoms with Crippen LogP contribution in [0.15, 0.2) is 85.2 Å². The van der Waals surface area contributed by atoms with Gasteiger partial charge in [-0.25, -0.2) is 9.97 Å². The van der Waals surface area contributed by atoms with E-state index in [2.05, 4.69) is 15.3 Å². The molecular formula is C21H19N3O+2. The molecule has 4 heteroatoms. The average Bonchev–Trinajstić information content (AvgIpc) is 2.69. The standard InChI is InChI=1S/C21H17N3O/c25-21-17(12-11-15-7-6-14-23-19(15)21)20(18-10-4-5-13-22-18)24-16-8-2-1-3-9-16/h1-14,20,24-25H/p+2. The Morgan fingerprint density at radius 3 is 2.36 bits per heavy atom. The summed E-state index contributed by atoms with van der Waals surface area (Å²) >= 11 is 0. The first kappa shape index (κ1) is 15.1. The number of para-hydroxylation sites is 1. The van der Waals surface area contributed by atoms with E-state index < -0.39 is 0 Å². The van der Waals surface area contributed by atoms with Crippen molar-refractivity contribution in [2.24, 2.45) is 0 Å². The summed E-state index contributed by atoms with van der Waals surface area (Å²) in [5.74, 6) is 0.254. The molecule has 122 valence electrons. The molecule has 4 rings (SSSR count). The zero-order valence-corrected chi connectivity index (χ0v) is 13.6. The van der Waals surface area contributed by atoms with Gasteiger partial charge in [0.2, 0.25) is 5.69 Å². The van der Waals surface area contributed by atoms with Gasteiger partial charge in [0.15, 0.2) is 18.1 Å². The van der Waals surface area contributed by atoms with Gasteiger partial charge in [0, 0.05) is 29.4 Å². The highest BCUT2D eigenvalue weighted by Gasteiger charge is 2.25. The summed E-state index contributed by atoms with van der Waals surface area (Å²) in [6.07, 6.45) is 3.71. The number of aromatic amines is 2. The van der Waals surface area contributed by atoms with Crippen LogP contribution in [0.4, 0.5) is 5.69 Å². The Morgan fingerprint density at radius 2 is 1.56 bits per heavy atom. The second-order valence-electron chi connectivity index (χ2n) is 5.90. The lowest BCUT2D eigenvalue weighted by Gasteiger charge is -2.18. The maximum atomic E-state index is 10.9. The Bertz CT molecular complexity index is 988. The molecule has 2 aromatic carbocycles. The van der Waals surface area contributed by atoms with Crippen LogP contribution in [0.1, 0.15) is 17.3 Å². The first-order valence-electron chi connectivity index (χ1n) is 8.23. The minimum Gasteiger partial charge on any atom is -0.502 e. The highest BCUT2D eigenvalue weighted by molar-refractivity contribution is 5.83. The molecule has 0 spiro atoms. The number of fused-ring (bicyclic) bond motifs is 1. The lowest BCUT2D eigenvalue weighted by Crippen LogP contribution is -2.22. The van der Waals surface area contributed by atoms with Gasteiger partial charge in [0.1, 0.15) is 6.04 Å². The zero-order chi connectivity index (χ0) is 17.1. The molecule has 4 N–H and O–H groups in total. The summed E-state index contributed by atoms with van der Waals surface area (Å²) < 4.78 is 0. The van der Waals surface area contributed by atoms with E-state index >= 15 is 0 Å². The van der Waals surface area contributed by atoms with E-state index in [1.165, 1.54) is 0 Å². The average molecular weight is 329 g/mol. The Hall–Kier alpha value is -3.40. The van der Waals surface area contributed by atoms with Crippen molar-refractivity contribution < 1.29 is 15.1 Å². The predicted octanol–water partition coefficient (Wildman–Crippen LogP) is 3.38. The van der Waals surface area contributed by atoms with Crippen molar-refractivity contribution >= 4 is 16.6 Å². The van der Waals surface area contributed by atoms with E-state index in [9.17, 15) is 5.11 Å². The molecule has 2 aromatic heterocycles. The molecule has 0 aliphatic heterocycles. The van der Waals surface area contributed by atoms with Gasteiger partial charge in [0.05, 0.1) is 5.39 Å². The zero-order valence-electron chi connectivity index (χ0n) is 13.6. The van der Waals surface area contributed by atoms with Gasteiger partial charge in [-0.2, -0.15) is 0 Å². The molecule has 0 amide bonds. The number of hydrogen-bond donors (Lipinski definition) is 2. The molecule has 0 aliphatic rings.